The second-order valence-corrected chi connectivity index (χ2v) is 9.43. The fourth-order valence-electron chi connectivity index (χ4n) is 6.03. The number of rotatable bonds is 4. The molecule has 5 rings (SSSR count). The molecular formula is C23H28N2O7. The number of phenols is 1. The number of aromatic hydroxyl groups is 1. The van der Waals surface area contributed by atoms with E-state index in [4.69, 9.17) is 9.47 Å². The number of carbonyl (C=O) groups excluding carboxylic acids is 2. The molecule has 1 aromatic carbocycles. The zero-order valence-corrected chi connectivity index (χ0v) is 18.3. The first-order valence-electron chi connectivity index (χ1n) is 10.9. The van der Waals surface area contributed by atoms with E-state index < -0.39 is 41.1 Å². The Bertz CT molecular complexity index is 1040. The molecule has 1 fully saturated rings. The molecule has 4 N–H and O–H groups in total. The number of esters is 1. The highest BCUT2D eigenvalue weighted by atomic mass is 16.6. The van der Waals surface area contributed by atoms with E-state index in [-0.39, 0.29) is 24.0 Å². The number of hydrogen-bond donors (Lipinski definition) is 4. The van der Waals surface area contributed by atoms with Crippen LogP contribution in [0.25, 0.3) is 0 Å². The predicted octanol–water partition coefficient (Wildman–Crippen LogP) is 0.0986. The molecule has 172 valence electrons. The van der Waals surface area contributed by atoms with Crippen LogP contribution in [-0.2, 0) is 26.2 Å². The van der Waals surface area contributed by atoms with Crippen LogP contribution in [0.4, 0.5) is 0 Å². The van der Waals surface area contributed by atoms with Gasteiger partial charge < -0.3 is 35.0 Å². The van der Waals surface area contributed by atoms with Crippen molar-refractivity contribution >= 4 is 11.9 Å². The van der Waals surface area contributed by atoms with Crippen molar-refractivity contribution in [2.45, 2.75) is 68.4 Å². The Morgan fingerprint density at radius 2 is 2.09 bits per heavy atom. The molecule has 2 aliphatic heterocycles. The quantitative estimate of drug-likeness (QED) is 0.482. The molecule has 0 aromatic heterocycles. The zero-order chi connectivity index (χ0) is 23.0. The van der Waals surface area contributed by atoms with Gasteiger partial charge >= 0.3 is 5.97 Å². The Labute approximate surface area is 185 Å². The van der Waals surface area contributed by atoms with Crippen molar-refractivity contribution in [1.82, 2.24) is 10.2 Å². The molecule has 2 heterocycles. The van der Waals surface area contributed by atoms with Crippen LogP contribution in [0, 0.1) is 0 Å². The maximum Gasteiger partial charge on any atom is 0.333 e. The number of benzene rings is 1. The summed E-state index contributed by atoms with van der Waals surface area (Å²) in [7, 11) is 2.00. The minimum atomic E-state index is -1.25. The van der Waals surface area contributed by atoms with Crippen molar-refractivity contribution in [1.29, 1.82) is 0 Å². The van der Waals surface area contributed by atoms with Crippen molar-refractivity contribution in [2.75, 3.05) is 13.6 Å². The van der Waals surface area contributed by atoms with Gasteiger partial charge in [0.25, 0.3) is 0 Å². The molecule has 32 heavy (non-hydrogen) atoms. The first kappa shape index (κ1) is 21.2. The normalized spacial score (nSPS) is 34.0. The molecule has 1 spiro atoms. The van der Waals surface area contributed by atoms with Crippen molar-refractivity contribution < 1.29 is 34.4 Å². The molecular weight excluding hydrogens is 416 g/mol. The molecule has 6 atom stereocenters. The summed E-state index contributed by atoms with van der Waals surface area (Å²) >= 11 is 0. The second-order valence-electron chi connectivity index (χ2n) is 9.43. The van der Waals surface area contributed by atoms with Gasteiger partial charge in [0.1, 0.15) is 17.9 Å². The van der Waals surface area contributed by atoms with Gasteiger partial charge in [-0.2, -0.15) is 0 Å². The number of aliphatic hydroxyl groups excluding tert-OH is 1. The van der Waals surface area contributed by atoms with Crippen LogP contribution in [0.1, 0.15) is 37.8 Å². The third-order valence-corrected chi connectivity index (χ3v) is 7.66. The van der Waals surface area contributed by atoms with Crippen LogP contribution in [-0.4, -0.2) is 75.6 Å². The van der Waals surface area contributed by atoms with E-state index >= 15 is 0 Å². The van der Waals surface area contributed by atoms with E-state index in [1.54, 1.807) is 12.1 Å². The Kier molecular flexibility index (Phi) is 4.60. The third kappa shape index (κ3) is 2.61. The maximum absolute atomic E-state index is 12.7. The summed E-state index contributed by atoms with van der Waals surface area (Å²) in [5.41, 5.74) is -0.153. The second kappa shape index (κ2) is 6.94. The van der Waals surface area contributed by atoms with E-state index in [1.807, 2.05) is 13.1 Å². The number of likely N-dealkylation sites (tertiary alicyclic amines) is 1. The molecule has 9 nitrogen and oxygen atoms in total. The summed E-state index contributed by atoms with van der Waals surface area (Å²) in [4.78, 5) is 26.6. The minimum Gasteiger partial charge on any atom is -0.504 e. The molecule has 1 aromatic rings. The first-order chi connectivity index (χ1) is 15.1. The van der Waals surface area contributed by atoms with Crippen molar-refractivity contribution in [3.05, 3.63) is 35.1 Å². The number of carbonyl (C=O) groups is 2. The minimum absolute atomic E-state index is 0.00417. The molecule has 1 saturated heterocycles. The number of likely N-dealkylation sites (N-methyl/N-ethyl adjacent to an activating group) is 1. The molecule has 2 aliphatic carbocycles. The number of piperidine rings is 1. The zero-order valence-electron chi connectivity index (χ0n) is 18.3. The van der Waals surface area contributed by atoms with Gasteiger partial charge in [0.15, 0.2) is 17.6 Å². The number of nitrogens with zero attached hydrogens (tertiary/aromatic N) is 1. The Morgan fingerprint density at radius 1 is 1.34 bits per heavy atom. The van der Waals surface area contributed by atoms with Gasteiger partial charge in [-0.3, -0.25) is 4.79 Å². The monoisotopic (exact) mass is 444 g/mol. The lowest BCUT2D eigenvalue weighted by molar-refractivity contribution is -0.170. The summed E-state index contributed by atoms with van der Waals surface area (Å²) < 4.78 is 11.9. The van der Waals surface area contributed by atoms with Gasteiger partial charge in [-0.1, -0.05) is 6.07 Å². The lowest BCUT2D eigenvalue weighted by Crippen LogP contribution is -2.74. The Hall–Kier alpha value is -2.62. The number of amides is 1. The van der Waals surface area contributed by atoms with E-state index in [9.17, 15) is 24.9 Å². The summed E-state index contributed by atoms with van der Waals surface area (Å²) in [5.74, 6) is -0.769. The predicted molar refractivity (Wildman–Crippen MR) is 112 cm³/mol. The smallest absolute Gasteiger partial charge is 0.333 e. The largest absolute Gasteiger partial charge is 0.504 e. The highest BCUT2D eigenvalue weighted by Gasteiger charge is 2.72. The average molecular weight is 444 g/mol. The summed E-state index contributed by atoms with van der Waals surface area (Å²) in [5, 5.41) is 34.4. The molecule has 2 unspecified atom stereocenters. The van der Waals surface area contributed by atoms with Crippen LogP contribution in [0.5, 0.6) is 11.5 Å². The van der Waals surface area contributed by atoms with Crippen molar-refractivity contribution in [2.24, 2.45) is 0 Å². The highest BCUT2D eigenvalue weighted by molar-refractivity contribution is 5.86. The number of hydrogen-bond acceptors (Lipinski definition) is 8. The van der Waals surface area contributed by atoms with Crippen LogP contribution in [0.3, 0.4) is 0 Å². The van der Waals surface area contributed by atoms with Crippen LogP contribution in [0.2, 0.25) is 0 Å². The number of nitrogens with one attached hydrogen (secondary N) is 1. The number of phenolic OH excluding ortho intramolecular Hbond substituents is 1. The van der Waals surface area contributed by atoms with Crippen LogP contribution in [0.15, 0.2) is 24.0 Å². The van der Waals surface area contributed by atoms with E-state index in [0.717, 1.165) is 17.7 Å². The van der Waals surface area contributed by atoms with Crippen molar-refractivity contribution in [3.63, 3.8) is 0 Å². The Balaban J connectivity index is 1.53. The molecule has 1 amide bonds. The van der Waals surface area contributed by atoms with Gasteiger partial charge in [0, 0.05) is 18.0 Å². The molecule has 0 radical (unpaired) electrons. The summed E-state index contributed by atoms with van der Waals surface area (Å²) in [6.07, 6.45) is 1.15. The van der Waals surface area contributed by atoms with Crippen LogP contribution < -0.4 is 10.1 Å². The van der Waals surface area contributed by atoms with Crippen LogP contribution >= 0.6 is 0 Å². The number of aliphatic hydroxyl groups is 2. The van der Waals surface area contributed by atoms with E-state index in [0.29, 0.717) is 18.6 Å². The SMILES string of the molecule is CC(O)C(=O)NC(C)C(=O)OC1=CC[C@@]2(O)[C@H]3Cc4ccc(O)c5c4[C@@]2(CCN3C)[C@H]1O5. The van der Waals surface area contributed by atoms with Gasteiger partial charge in [0.2, 0.25) is 5.91 Å². The lowest BCUT2D eigenvalue weighted by Gasteiger charge is -2.61. The highest BCUT2D eigenvalue weighted by Crippen LogP contribution is 2.65. The maximum atomic E-state index is 12.7. The first-order valence-corrected chi connectivity index (χ1v) is 10.9. The third-order valence-electron chi connectivity index (χ3n) is 7.66. The van der Waals surface area contributed by atoms with Gasteiger partial charge in [-0.05, 0) is 58.0 Å². The standard InChI is InChI=1S/C23H28N2O7/c1-11(24-20(28)12(2)26)21(29)31-15-6-7-23(30)16-10-13-4-5-14(27)18-17(13)22(23,19(15)32-18)8-9-25(16)3/h4-6,11-12,16,19,26-27,30H,7-10H2,1-3H3,(H,24,28)/t11?,12?,16-,19+,22+,23-/m1/s1. The van der Waals surface area contributed by atoms with Gasteiger partial charge in [-0.15, -0.1) is 0 Å². The molecule has 2 bridgehead atoms. The molecule has 0 saturated carbocycles. The fraction of sp³-hybridized carbons (Fsp3) is 0.565. The topological polar surface area (TPSA) is 129 Å². The summed E-state index contributed by atoms with van der Waals surface area (Å²) in [6, 6.07) is 2.36. The van der Waals surface area contributed by atoms with E-state index in [1.165, 1.54) is 13.8 Å². The molecule has 4 aliphatic rings. The van der Waals surface area contributed by atoms with Gasteiger partial charge in [0.05, 0.1) is 11.0 Å². The fourth-order valence-corrected chi connectivity index (χ4v) is 6.03. The average Bonchev–Trinajstić information content (AvgIpc) is 3.10. The molecule has 9 heteroatoms. The van der Waals surface area contributed by atoms with Gasteiger partial charge in [-0.25, -0.2) is 4.79 Å². The lowest BCUT2D eigenvalue weighted by atomic mass is 9.50. The Morgan fingerprint density at radius 3 is 2.81 bits per heavy atom. The van der Waals surface area contributed by atoms with Crippen molar-refractivity contribution in [3.8, 4) is 11.5 Å². The van der Waals surface area contributed by atoms with E-state index in [2.05, 4.69) is 10.2 Å². The summed E-state index contributed by atoms with van der Waals surface area (Å²) in [6.45, 7) is 3.51. The number of ether oxygens (including phenoxy) is 2.